The lowest BCUT2D eigenvalue weighted by atomic mass is 10.1. The molecular weight excluding hydrogens is 215 g/mol. The fourth-order valence-electron chi connectivity index (χ4n) is 2.27. The first-order chi connectivity index (χ1) is 8.16. The minimum atomic E-state index is -0.722. The van der Waals surface area contributed by atoms with Gasteiger partial charge >= 0.3 is 0 Å². The maximum atomic E-state index is 13.2. The van der Waals surface area contributed by atoms with E-state index in [4.69, 9.17) is 0 Å². The third-order valence-corrected chi connectivity index (χ3v) is 3.26. The first-order valence-electron chi connectivity index (χ1n) is 5.97. The molecular formula is C14H19FN2. The van der Waals surface area contributed by atoms with Gasteiger partial charge in [0.1, 0.15) is 6.17 Å². The summed E-state index contributed by atoms with van der Waals surface area (Å²) in [6.45, 7) is 5.28. The van der Waals surface area contributed by atoms with Gasteiger partial charge in [0, 0.05) is 25.2 Å². The van der Waals surface area contributed by atoms with E-state index in [2.05, 4.69) is 24.0 Å². The lowest BCUT2D eigenvalue weighted by Crippen LogP contribution is -2.32. The molecule has 1 aliphatic rings. The summed E-state index contributed by atoms with van der Waals surface area (Å²) in [5, 5.41) is 3.29. The fourth-order valence-corrected chi connectivity index (χ4v) is 2.27. The largest absolute Gasteiger partial charge is 0.383 e. The van der Waals surface area contributed by atoms with Crippen molar-refractivity contribution >= 4 is 0 Å². The maximum Gasteiger partial charge on any atom is 0.115 e. The summed E-state index contributed by atoms with van der Waals surface area (Å²) in [5.74, 6) is 0. The molecule has 92 valence electrons. The van der Waals surface area contributed by atoms with Gasteiger partial charge in [0.15, 0.2) is 0 Å². The topological polar surface area (TPSA) is 15.3 Å². The smallest absolute Gasteiger partial charge is 0.115 e. The number of alkyl halides is 1. The Bertz CT molecular complexity index is 377. The Kier molecular flexibility index (Phi) is 3.79. The zero-order valence-corrected chi connectivity index (χ0v) is 10.2. The van der Waals surface area contributed by atoms with Crippen LogP contribution in [0, 0.1) is 0 Å². The molecule has 0 aromatic heterocycles. The molecule has 2 unspecified atom stereocenters. The molecule has 1 aliphatic heterocycles. The van der Waals surface area contributed by atoms with Gasteiger partial charge in [0.2, 0.25) is 0 Å². The zero-order valence-electron chi connectivity index (χ0n) is 10.2. The molecule has 0 amide bonds. The van der Waals surface area contributed by atoms with Gasteiger partial charge < -0.3 is 5.32 Å². The summed E-state index contributed by atoms with van der Waals surface area (Å²) < 4.78 is 13.2. The normalized spacial score (nSPS) is 24.8. The predicted octanol–water partition coefficient (Wildman–Crippen LogP) is 2.33. The average Bonchev–Trinajstić information content (AvgIpc) is 2.67. The van der Waals surface area contributed by atoms with E-state index in [0.29, 0.717) is 13.0 Å². The molecule has 1 aromatic rings. The number of halogens is 1. The SMILES string of the molecule is C=C(NCc1ccccc1)C1CC(F)CN1C. The van der Waals surface area contributed by atoms with Crippen molar-refractivity contribution < 1.29 is 4.39 Å². The van der Waals surface area contributed by atoms with Crippen molar-refractivity contribution in [1.29, 1.82) is 0 Å². The van der Waals surface area contributed by atoms with Gasteiger partial charge in [-0.3, -0.25) is 4.90 Å². The quantitative estimate of drug-likeness (QED) is 0.860. The van der Waals surface area contributed by atoms with Crippen LogP contribution in [0.3, 0.4) is 0 Å². The standard InChI is InChI=1S/C14H19FN2/c1-11(14-8-13(15)10-17(14)2)16-9-12-6-4-3-5-7-12/h3-7,13-14,16H,1,8-10H2,2H3. The predicted molar refractivity (Wildman–Crippen MR) is 68.4 cm³/mol. The third-order valence-electron chi connectivity index (χ3n) is 3.26. The number of nitrogens with zero attached hydrogens (tertiary/aromatic N) is 1. The Hall–Kier alpha value is -1.35. The molecule has 17 heavy (non-hydrogen) atoms. The van der Waals surface area contributed by atoms with E-state index in [1.807, 2.05) is 30.1 Å². The van der Waals surface area contributed by atoms with E-state index < -0.39 is 6.17 Å². The average molecular weight is 234 g/mol. The minimum Gasteiger partial charge on any atom is -0.383 e. The molecule has 1 fully saturated rings. The zero-order chi connectivity index (χ0) is 12.3. The van der Waals surface area contributed by atoms with Gasteiger partial charge in [-0.05, 0) is 12.6 Å². The van der Waals surface area contributed by atoms with Crippen molar-refractivity contribution in [3.8, 4) is 0 Å². The number of likely N-dealkylation sites (N-methyl/N-ethyl adjacent to an activating group) is 1. The van der Waals surface area contributed by atoms with Crippen molar-refractivity contribution in [2.45, 2.75) is 25.2 Å². The van der Waals surface area contributed by atoms with E-state index in [1.165, 1.54) is 5.56 Å². The van der Waals surface area contributed by atoms with E-state index in [1.54, 1.807) is 0 Å². The Labute approximate surface area is 102 Å². The molecule has 0 aliphatic carbocycles. The van der Waals surface area contributed by atoms with Crippen LogP contribution in [0.1, 0.15) is 12.0 Å². The number of hydrogen-bond acceptors (Lipinski definition) is 2. The summed E-state index contributed by atoms with van der Waals surface area (Å²) in [5.41, 5.74) is 2.13. The van der Waals surface area contributed by atoms with Crippen LogP contribution in [0.4, 0.5) is 4.39 Å². The first-order valence-corrected chi connectivity index (χ1v) is 5.97. The summed E-state index contributed by atoms with van der Waals surface area (Å²) in [6, 6.07) is 10.3. The summed E-state index contributed by atoms with van der Waals surface area (Å²) in [4.78, 5) is 2.02. The molecule has 1 heterocycles. The lowest BCUT2D eigenvalue weighted by molar-refractivity contribution is 0.305. The highest BCUT2D eigenvalue weighted by molar-refractivity contribution is 5.16. The van der Waals surface area contributed by atoms with Crippen LogP contribution in [-0.4, -0.2) is 30.7 Å². The Balaban J connectivity index is 1.86. The summed E-state index contributed by atoms with van der Waals surface area (Å²) >= 11 is 0. The van der Waals surface area contributed by atoms with Crippen LogP contribution in [0.5, 0.6) is 0 Å². The van der Waals surface area contributed by atoms with Crippen LogP contribution in [0.2, 0.25) is 0 Å². The van der Waals surface area contributed by atoms with E-state index >= 15 is 0 Å². The molecule has 0 radical (unpaired) electrons. The molecule has 1 N–H and O–H groups in total. The second-order valence-corrected chi connectivity index (χ2v) is 4.65. The first kappa shape index (κ1) is 12.1. The van der Waals surface area contributed by atoms with Gasteiger partial charge in [-0.1, -0.05) is 36.9 Å². The van der Waals surface area contributed by atoms with Gasteiger partial charge in [-0.15, -0.1) is 0 Å². The van der Waals surface area contributed by atoms with Gasteiger partial charge in [0.25, 0.3) is 0 Å². The number of nitrogens with one attached hydrogen (secondary N) is 1. The summed E-state index contributed by atoms with van der Waals surface area (Å²) in [7, 11) is 1.94. The fraction of sp³-hybridized carbons (Fsp3) is 0.429. The van der Waals surface area contributed by atoms with Gasteiger partial charge in [-0.2, -0.15) is 0 Å². The van der Waals surface area contributed by atoms with Crippen LogP contribution in [0.25, 0.3) is 0 Å². The van der Waals surface area contributed by atoms with Gasteiger partial charge in [0.05, 0.1) is 6.04 Å². The van der Waals surface area contributed by atoms with Crippen LogP contribution in [0.15, 0.2) is 42.6 Å². The van der Waals surface area contributed by atoms with Crippen molar-refractivity contribution in [3.05, 3.63) is 48.2 Å². The van der Waals surface area contributed by atoms with E-state index in [-0.39, 0.29) is 6.04 Å². The van der Waals surface area contributed by atoms with Crippen molar-refractivity contribution in [2.75, 3.05) is 13.6 Å². The second kappa shape index (κ2) is 5.32. The molecule has 0 saturated carbocycles. The highest BCUT2D eigenvalue weighted by Crippen LogP contribution is 2.22. The molecule has 1 aromatic carbocycles. The molecule has 0 bridgehead atoms. The van der Waals surface area contributed by atoms with Crippen molar-refractivity contribution in [2.24, 2.45) is 0 Å². The molecule has 2 nitrogen and oxygen atoms in total. The summed E-state index contributed by atoms with van der Waals surface area (Å²) in [6.07, 6.45) is -0.169. The molecule has 2 atom stereocenters. The number of likely N-dealkylation sites (tertiary alicyclic amines) is 1. The highest BCUT2D eigenvalue weighted by atomic mass is 19.1. The molecule has 2 rings (SSSR count). The van der Waals surface area contributed by atoms with Crippen LogP contribution in [-0.2, 0) is 6.54 Å². The van der Waals surface area contributed by atoms with Crippen LogP contribution < -0.4 is 5.32 Å². The second-order valence-electron chi connectivity index (χ2n) is 4.65. The Morgan fingerprint density at radius 3 is 2.76 bits per heavy atom. The van der Waals surface area contributed by atoms with E-state index in [9.17, 15) is 4.39 Å². The van der Waals surface area contributed by atoms with Crippen LogP contribution >= 0.6 is 0 Å². The van der Waals surface area contributed by atoms with Gasteiger partial charge in [-0.25, -0.2) is 4.39 Å². The third kappa shape index (κ3) is 3.07. The Morgan fingerprint density at radius 2 is 2.18 bits per heavy atom. The van der Waals surface area contributed by atoms with Crippen molar-refractivity contribution in [3.63, 3.8) is 0 Å². The number of rotatable bonds is 4. The highest BCUT2D eigenvalue weighted by Gasteiger charge is 2.30. The minimum absolute atomic E-state index is 0.119. The lowest BCUT2D eigenvalue weighted by Gasteiger charge is -2.22. The van der Waals surface area contributed by atoms with E-state index in [0.717, 1.165) is 12.2 Å². The Morgan fingerprint density at radius 1 is 1.47 bits per heavy atom. The van der Waals surface area contributed by atoms with Crippen molar-refractivity contribution in [1.82, 2.24) is 10.2 Å². The molecule has 3 heteroatoms. The molecule has 1 saturated heterocycles. The monoisotopic (exact) mass is 234 g/mol. The maximum absolute atomic E-state index is 13.2. The molecule has 0 spiro atoms. The number of benzene rings is 1. The number of hydrogen-bond donors (Lipinski definition) is 1.